The summed E-state index contributed by atoms with van der Waals surface area (Å²) in [5, 5.41) is 8.69. The van der Waals surface area contributed by atoms with Crippen molar-refractivity contribution in [1.29, 1.82) is 0 Å². The number of carbonyl (C=O) groups excluding carboxylic acids is 2. The molecule has 1 fully saturated rings. The van der Waals surface area contributed by atoms with E-state index < -0.39 is 0 Å². The third kappa shape index (κ3) is 5.39. The average molecular weight is 449 g/mol. The first-order valence-corrected chi connectivity index (χ1v) is 11.6. The first-order valence-electron chi connectivity index (χ1n) is 11.6. The maximum atomic E-state index is 12.8. The summed E-state index contributed by atoms with van der Waals surface area (Å²) in [4.78, 5) is 34.6. The summed E-state index contributed by atoms with van der Waals surface area (Å²) in [6.45, 7) is 11.6. The number of nitrogens with one attached hydrogen (secondary N) is 1. The van der Waals surface area contributed by atoms with Crippen LogP contribution in [0, 0.1) is 13.8 Å². The molecule has 174 valence electrons. The highest BCUT2D eigenvalue weighted by molar-refractivity contribution is 6.40. The minimum absolute atomic E-state index is 0.0974. The molecule has 0 saturated carbocycles. The molecule has 0 unspecified atom stereocenters. The molecule has 1 saturated heterocycles. The van der Waals surface area contributed by atoms with E-state index in [4.69, 9.17) is 0 Å². The van der Waals surface area contributed by atoms with Gasteiger partial charge >= 0.3 is 0 Å². The smallest absolute Gasteiger partial charge is 0.267 e. The van der Waals surface area contributed by atoms with Gasteiger partial charge in [-0.05, 0) is 49.2 Å². The van der Waals surface area contributed by atoms with Gasteiger partial charge in [0.1, 0.15) is 11.5 Å². The molecule has 33 heavy (non-hydrogen) atoms. The highest BCUT2D eigenvalue weighted by Crippen LogP contribution is 2.25. The Kier molecular flexibility index (Phi) is 7.03. The molecule has 8 heteroatoms. The fourth-order valence-corrected chi connectivity index (χ4v) is 4.14. The van der Waals surface area contributed by atoms with Crippen molar-refractivity contribution in [2.45, 2.75) is 40.2 Å². The Morgan fingerprint density at radius 3 is 2.55 bits per heavy atom. The van der Waals surface area contributed by atoms with Crippen LogP contribution in [0.5, 0.6) is 0 Å². The van der Waals surface area contributed by atoms with E-state index in [2.05, 4.69) is 32.1 Å². The van der Waals surface area contributed by atoms with Gasteiger partial charge in [-0.15, -0.1) is 0 Å². The van der Waals surface area contributed by atoms with Crippen LogP contribution >= 0.6 is 0 Å². The van der Waals surface area contributed by atoms with Crippen LogP contribution in [-0.2, 0) is 16.1 Å². The number of piperazine rings is 1. The van der Waals surface area contributed by atoms with Crippen LogP contribution in [0.2, 0.25) is 0 Å². The minimum atomic E-state index is -0.252. The zero-order valence-corrected chi connectivity index (χ0v) is 19.7. The summed E-state index contributed by atoms with van der Waals surface area (Å²) in [6.07, 6.45) is 2.42. The molecule has 0 spiro atoms. The van der Waals surface area contributed by atoms with E-state index in [1.807, 2.05) is 50.4 Å². The lowest BCUT2D eigenvalue weighted by Gasteiger charge is -2.34. The van der Waals surface area contributed by atoms with Gasteiger partial charge < -0.3 is 15.1 Å². The van der Waals surface area contributed by atoms with Crippen LogP contribution in [0.4, 0.5) is 11.5 Å². The number of pyridine rings is 1. The minimum Gasteiger partial charge on any atom is -0.354 e. The molecule has 0 bridgehead atoms. The number of hydrazone groups is 1. The summed E-state index contributed by atoms with van der Waals surface area (Å²) < 4.78 is 0. The van der Waals surface area contributed by atoms with Crippen LogP contribution in [0.15, 0.2) is 41.6 Å². The average Bonchev–Trinajstić information content (AvgIpc) is 2.85. The van der Waals surface area contributed by atoms with E-state index in [1.165, 1.54) is 5.01 Å². The summed E-state index contributed by atoms with van der Waals surface area (Å²) in [7, 11) is 0. The van der Waals surface area contributed by atoms with Gasteiger partial charge in [-0.2, -0.15) is 5.10 Å². The Morgan fingerprint density at radius 2 is 1.85 bits per heavy atom. The second kappa shape index (κ2) is 10.1. The molecule has 2 amide bonds. The second-order valence-electron chi connectivity index (χ2n) is 8.67. The molecule has 0 atom stereocenters. The molecule has 4 rings (SSSR count). The standard InChI is InChI=1S/C25H32N6O2/c1-4-29-11-13-30(14-12-29)23-9-7-20(16-26-23)17-27-25(33)21-8-10-24(32)31(28-21)22-15-18(2)5-6-19(22)3/h5-7,9,15-16H,4,8,10-14,17H2,1-3H3,(H,27,33). The van der Waals surface area contributed by atoms with Crippen LogP contribution < -0.4 is 15.2 Å². The van der Waals surface area contributed by atoms with Crippen molar-refractivity contribution < 1.29 is 9.59 Å². The number of benzene rings is 1. The third-order valence-electron chi connectivity index (χ3n) is 6.29. The molecule has 3 heterocycles. The number of likely N-dealkylation sites (N-methyl/N-ethyl adjacent to an activating group) is 1. The summed E-state index contributed by atoms with van der Waals surface area (Å²) >= 11 is 0. The lowest BCUT2D eigenvalue weighted by Crippen LogP contribution is -2.46. The summed E-state index contributed by atoms with van der Waals surface area (Å²) in [5.41, 5.74) is 4.01. The first kappa shape index (κ1) is 22.9. The first-order chi connectivity index (χ1) is 15.9. The van der Waals surface area contributed by atoms with Crippen LogP contribution in [0.1, 0.15) is 36.5 Å². The number of nitrogens with zero attached hydrogens (tertiary/aromatic N) is 5. The Labute approximate surface area is 195 Å². The zero-order valence-electron chi connectivity index (χ0n) is 19.7. The molecule has 2 aromatic rings. The van der Waals surface area contributed by atoms with Crippen molar-refractivity contribution in [3.05, 3.63) is 53.2 Å². The van der Waals surface area contributed by atoms with E-state index in [1.54, 1.807) is 0 Å². The topological polar surface area (TPSA) is 81.1 Å². The SMILES string of the molecule is CCN1CCN(c2ccc(CNC(=O)C3=NN(c4cc(C)ccc4C)C(=O)CC3)cn2)CC1. The Balaban J connectivity index is 1.37. The highest BCUT2D eigenvalue weighted by atomic mass is 16.2. The van der Waals surface area contributed by atoms with Crippen molar-refractivity contribution in [3.63, 3.8) is 0 Å². The maximum absolute atomic E-state index is 12.8. The maximum Gasteiger partial charge on any atom is 0.267 e. The number of carbonyl (C=O) groups is 2. The molecule has 8 nitrogen and oxygen atoms in total. The molecular weight excluding hydrogens is 416 g/mol. The number of hydrogen-bond donors (Lipinski definition) is 1. The van der Waals surface area contributed by atoms with Gasteiger partial charge in [-0.25, -0.2) is 9.99 Å². The van der Waals surface area contributed by atoms with Gasteiger partial charge in [0.05, 0.1) is 5.69 Å². The molecule has 2 aliphatic heterocycles. The monoisotopic (exact) mass is 448 g/mol. The fourth-order valence-electron chi connectivity index (χ4n) is 4.14. The molecular formula is C25H32N6O2. The largest absolute Gasteiger partial charge is 0.354 e. The number of anilines is 2. The van der Waals surface area contributed by atoms with Crippen molar-refractivity contribution in [2.24, 2.45) is 5.10 Å². The number of aryl methyl sites for hydroxylation is 2. The molecule has 2 aliphatic rings. The number of hydrogen-bond acceptors (Lipinski definition) is 6. The van der Waals surface area contributed by atoms with Crippen molar-refractivity contribution in [1.82, 2.24) is 15.2 Å². The number of rotatable bonds is 6. The Hall–Kier alpha value is -3.26. The van der Waals surface area contributed by atoms with Gasteiger partial charge in [-0.3, -0.25) is 9.59 Å². The Morgan fingerprint density at radius 1 is 1.06 bits per heavy atom. The van der Waals surface area contributed by atoms with Crippen molar-refractivity contribution in [2.75, 3.05) is 42.6 Å². The van der Waals surface area contributed by atoms with Crippen molar-refractivity contribution in [3.8, 4) is 0 Å². The predicted octanol–water partition coefficient (Wildman–Crippen LogP) is 2.64. The van der Waals surface area contributed by atoms with Gasteiger partial charge in [0.25, 0.3) is 5.91 Å². The highest BCUT2D eigenvalue weighted by Gasteiger charge is 2.26. The molecule has 1 aromatic carbocycles. The van der Waals surface area contributed by atoms with Gasteiger partial charge in [0.15, 0.2) is 0 Å². The van der Waals surface area contributed by atoms with E-state index in [0.717, 1.165) is 60.9 Å². The summed E-state index contributed by atoms with van der Waals surface area (Å²) in [5.74, 6) is 0.623. The third-order valence-corrected chi connectivity index (χ3v) is 6.29. The molecule has 0 aliphatic carbocycles. The van der Waals surface area contributed by atoms with Crippen LogP contribution in [0.3, 0.4) is 0 Å². The van der Waals surface area contributed by atoms with E-state index >= 15 is 0 Å². The lowest BCUT2D eigenvalue weighted by molar-refractivity contribution is -0.119. The molecule has 1 aromatic heterocycles. The predicted molar refractivity (Wildman–Crippen MR) is 130 cm³/mol. The van der Waals surface area contributed by atoms with Crippen molar-refractivity contribution >= 4 is 29.0 Å². The van der Waals surface area contributed by atoms with E-state index in [9.17, 15) is 9.59 Å². The number of aromatic nitrogens is 1. The van der Waals surface area contributed by atoms with Gasteiger partial charge in [0, 0.05) is 51.8 Å². The second-order valence-corrected chi connectivity index (χ2v) is 8.67. The van der Waals surface area contributed by atoms with E-state index in [-0.39, 0.29) is 18.2 Å². The lowest BCUT2D eigenvalue weighted by atomic mass is 10.1. The van der Waals surface area contributed by atoms with Crippen LogP contribution in [0.25, 0.3) is 0 Å². The molecule has 1 N–H and O–H groups in total. The van der Waals surface area contributed by atoms with E-state index in [0.29, 0.717) is 18.7 Å². The van der Waals surface area contributed by atoms with Gasteiger partial charge in [-0.1, -0.05) is 25.1 Å². The normalized spacial score (nSPS) is 17.2. The zero-order chi connectivity index (χ0) is 23.4. The fraction of sp³-hybridized carbons (Fsp3) is 0.440. The quantitative estimate of drug-likeness (QED) is 0.735. The Bertz CT molecular complexity index is 1040. The summed E-state index contributed by atoms with van der Waals surface area (Å²) in [6, 6.07) is 9.90. The van der Waals surface area contributed by atoms with Gasteiger partial charge in [0.2, 0.25) is 5.91 Å². The number of amides is 2. The van der Waals surface area contributed by atoms with Crippen LogP contribution in [-0.4, -0.2) is 60.1 Å². The molecule has 0 radical (unpaired) electrons.